The van der Waals surface area contributed by atoms with Gasteiger partial charge in [0.25, 0.3) is 5.78 Å². The van der Waals surface area contributed by atoms with Gasteiger partial charge in [-0.1, -0.05) is 19.3 Å². The van der Waals surface area contributed by atoms with Crippen molar-refractivity contribution in [3.8, 4) is 0 Å². The first-order valence-corrected chi connectivity index (χ1v) is 10.1. The van der Waals surface area contributed by atoms with E-state index in [9.17, 15) is 4.79 Å². The maximum Gasteiger partial charge on any atom is 0.252 e. The third-order valence-corrected chi connectivity index (χ3v) is 5.99. The van der Waals surface area contributed by atoms with E-state index in [1.807, 2.05) is 25.8 Å². The van der Waals surface area contributed by atoms with Gasteiger partial charge >= 0.3 is 0 Å². The van der Waals surface area contributed by atoms with E-state index >= 15 is 0 Å². The Kier molecular flexibility index (Phi) is 6.42. The molecule has 148 valence electrons. The second-order valence-corrected chi connectivity index (χ2v) is 7.82. The molecule has 0 radical (unpaired) electrons. The molecule has 27 heavy (non-hydrogen) atoms. The van der Waals surface area contributed by atoms with E-state index in [4.69, 9.17) is 0 Å². The van der Waals surface area contributed by atoms with Crippen molar-refractivity contribution < 1.29 is 4.79 Å². The van der Waals surface area contributed by atoms with Crippen LogP contribution in [-0.2, 0) is 11.2 Å². The molecule has 0 atom stereocenters. The highest BCUT2D eigenvalue weighted by Gasteiger charge is 2.19. The average molecular weight is 373 g/mol. The lowest BCUT2D eigenvalue weighted by atomic mass is 9.94. The lowest BCUT2D eigenvalue weighted by Gasteiger charge is -2.32. The Morgan fingerprint density at radius 2 is 1.93 bits per heavy atom. The number of likely N-dealkylation sites (N-methyl/N-ethyl adjacent to an activating group) is 2. The molecular weight excluding hydrogens is 340 g/mol. The molecule has 7 nitrogen and oxygen atoms in total. The van der Waals surface area contributed by atoms with Crippen molar-refractivity contribution in [2.45, 2.75) is 64.8 Å². The molecule has 1 amide bonds. The van der Waals surface area contributed by atoms with Crippen molar-refractivity contribution in [3.63, 3.8) is 0 Å². The number of carbonyl (C=O) groups is 1. The number of amides is 1. The highest BCUT2D eigenvalue weighted by molar-refractivity contribution is 5.76. The molecule has 0 N–H and O–H groups in total. The first-order valence-electron chi connectivity index (χ1n) is 10.1. The second-order valence-electron chi connectivity index (χ2n) is 7.82. The zero-order valence-corrected chi connectivity index (χ0v) is 17.1. The molecule has 2 aromatic heterocycles. The Bertz CT molecular complexity index is 780. The van der Waals surface area contributed by atoms with E-state index in [1.165, 1.54) is 38.4 Å². The highest BCUT2D eigenvalue weighted by atomic mass is 16.2. The van der Waals surface area contributed by atoms with Gasteiger partial charge in [-0.2, -0.15) is 10.1 Å². The monoisotopic (exact) mass is 372 g/mol. The summed E-state index contributed by atoms with van der Waals surface area (Å²) in [6.45, 7) is 5.71. The topological polar surface area (TPSA) is 66.6 Å². The number of aromatic nitrogens is 4. The van der Waals surface area contributed by atoms with Crippen LogP contribution >= 0.6 is 0 Å². The zero-order valence-electron chi connectivity index (χ0n) is 17.1. The van der Waals surface area contributed by atoms with Crippen LogP contribution in [0.2, 0.25) is 0 Å². The quantitative estimate of drug-likeness (QED) is 0.747. The average Bonchev–Trinajstić information content (AvgIpc) is 3.14. The first kappa shape index (κ1) is 19.7. The summed E-state index contributed by atoms with van der Waals surface area (Å²) < 4.78 is 1.75. The van der Waals surface area contributed by atoms with E-state index in [-0.39, 0.29) is 5.91 Å². The molecule has 7 heteroatoms. The summed E-state index contributed by atoms with van der Waals surface area (Å²) in [4.78, 5) is 25.5. The van der Waals surface area contributed by atoms with Gasteiger partial charge in [0.1, 0.15) is 6.33 Å². The number of carbonyl (C=O) groups excluding carboxylic acids is 1. The molecule has 3 rings (SSSR count). The van der Waals surface area contributed by atoms with Gasteiger partial charge in [-0.3, -0.25) is 4.79 Å². The van der Waals surface area contributed by atoms with Gasteiger partial charge in [-0.05, 0) is 45.7 Å². The van der Waals surface area contributed by atoms with Crippen LogP contribution < -0.4 is 0 Å². The SMILES string of the molecule is Cc1nc2ncnn2c(C)c1CCC(=O)N(C)CCN(C)C1CCCCC1. The van der Waals surface area contributed by atoms with Crippen LogP contribution in [0.3, 0.4) is 0 Å². The molecule has 0 aromatic carbocycles. The Balaban J connectivity index is 1.51. The van der Waals surface area contributed by atoms with Crippen LogP contribution in [0.4, 0.5) is 0 Å². The van der Waals surface area contributed by atoms with Gasteiger partial charge in [0.15, 0.2) is 0 Å². The van der Waals surface area contributed by atoms with Crippen LogP contribution in [0.25, 0.3) is 5.78 Å². The molecule has 2 heterocycles. The van der Waals surface area contributed by atoms with Gasteiger partial charge in [0, 0.05) is 44.0 Å². The molecule has 0 unspecified atom stereocenters. The predicted molar refractivity (Wildman–Crippen MR) is 106 cm³/mol. The highest BCUT2D eigenvalue weighted by Crippen LogP contribution is 2.21. The van der Waals surface area contributed by atoms with E-state index in [0.717, 1.165) is 30.0 Å². The Labute approximate surface area is 161 Å². The molecule has 1 aliphatic rings. The molecule has 0 aliphatic heterocycles. The van der Waals surface area contributed by atoms with E-state index in [2.05, 4.69) is 27.0 Å². The molecule has 1 fully saturated rings. The minimum atomic E-state index is 0.185. The largest absolute Gasteiger partial charge is 0.344 e. The number of hydrogen-bond donors (Lipinski definition) is 0. The Morgan fingerprint density at radius 1 is 1.19 bits per heavy atom. The maximum atomic E-state index is 12.6. The molecule has 1 saturated carbocycles. The molecule has 1 aliphatic carbocycles. The molecular formula is C20H32N6O. The fourth-order valence-corrected chi connectivity index (χ4v) is 4.08. The van der Waals surface area contributed by atoms with Crippen molar-refractivity contribution in [2.24, 2.45) is 0 Å². The van der Waals surface area contributed by atoms with E-state index in [0.29, 0.717) is 24.7 Å². The minimum Gasteiger partial charge on any atom is -0.344 e. The summed E-state index contributed by atoms with van der Waals surface area (Å²) in [5.41, 5.74) is 3.04. The summed E-state index contributed by atoms with van der Waals surface area (Å²) in [6, 6.07) is 0.688. The summed E-state index contributed by atoms with van der Waals surface area (Å²) in [5.74, 6) is 0.799. The van der Waals surface area contributed by atoms with Crippen molar-refractivity contribution in [1.29, 1.82) is 0 Å². The summed E-state index contributed by atoms with van der Waals surface area (Å²) in [7, 11) is 4.11. The Hall–Kier alpha value is -2.02. The lowest BCUT2D eigenvalue weighted by Crippen LogP contribution is -2.40. The summed E-state index contributed by atoms with van der Waals surface area (Å²) >= 11 is 0. The van der Waals surface area contributed by atoms with E-state index < -0.39 is 0 Å². The van der Waals surface area contributed by atoms with Gasteiger partial charge in [-0.25, -0.2) is 9.50 Å². The fraction of sp³-hybridized carbons (Fsp3) is 0.700. The maximum absolute atomic E-state index is 12.6. The number of aryl methyl sites for hydroxylation is 2. The van der Waals surface area contributed by atoms with Gasteiger partial charge < -0.3 is 9.80 Å². The first-order chi connectivity index (χ1) is 13.0. The Morgan fingerprint density at radius 3 is 2.67 bits per heavy atom. The number of fused-ring (bicyclic) bond motifs is 1. The molecule has 0 spiro atoms. The lowest BCUT2D eigenvalue weighted by molar-refractivity contribution is -0.130. The summed E-state index contributed by atoms with van der Waals surface area (Å²) in [6.07, 6.45) is 9.33. The molecule has 2 aromatic rings. The third-order valence-electron chi connectivity index (χ3n) is 5.99. The normalized spacial score (nSPS) is 15.6. The standard InChI is InChI=1S/C20H32N6O/c1-15-18(16(2)26-20(23-15)21-14-22-26)10-11-19(27)25(4)13-12-24(3)17-8-6-5-7-9-17/h14,17H,5-13H2,1-4H3. The van der Waals surface area contributed by atoms with Crippen LogP contribution in [-0.4, -0.2) is 68.5 Å². The predicted octanol–water partition coefficient (Wildman–Crippen LogP) is 2.40. The van der Waals surface area contributed by atoms with Gasteiger partial charge in [-0.15, -0.1) is 0 Å². The van der Waals surface area contributed by atoms with Gasteiger partial charge in [0.2, 0.25) is 5.91 Å². The number of rotatable bonds is 7. The minimum absolute atomic E-state index is 0.185. The zero-order chi connectivity index (χ0) is 19.4. The second kappa shape index (κ2) is 8.78. The van der Waals surface area contributed by atoms with Crippen LogP contribution in [0.15, 0.2) is 6.33 Å². The van der Waals surface area contributed by atoms with Gasteiger partial charge in [0.05, 0.1) is 0 Å². The van der Waals surface area contributed by atoms with Crippen molar-refractivity contribution >= 4 is 11.7 Å². The smallest absolute Gasteiger partial charge is 0.252 e. The fourth-order valence-electron chi connectivity index (χ4n) is 4.08. The molecule has 0 bridgehead atoms. The number of nitrogens with zero attached hydrogens (tertiary/aromatic N) is 6. The van der Waals surface area contributed by atoms with Crippen molar-refractivity contribution in [2.75, 3.05) is 27.2 Å². The number of hydrogen-bond acceptors (Lipinski definition) is 5. The van der Waals surface area contributed by atoms with Crippen molar-refractivity contribution in [3.05, 3.63) is 23.3 Å². The van der Waals surface area contributed by atoms with Crippen LogP contribution in [0.5, 0.6) is 0 Å². The van der Waals surface area contributed by atoms with Crippen LogP contribution in [0, 0.1) is 13.8 Å². The van der Waals surface area contributed by atoms with Crippen LogP contribution in [0.1, 0.15) is 55.5 Å². The third kappa shape index (κ3) is 4.64. The molecule has 0 saturated heterocycles. The summed E-state index contributed by atoms with van der Waals surface area (Å²) in [5, 5.41) is 4.22. The van der Waals surface area contributed by atoms with Crippen molar-refractivity contribution in [1.82, 2.24) is 29.4 Å². The van der Waals surface area contributed by atoms with E-state index in [1.54, 1.807) is 4.52 Å².